The van der Waals surface area contributed by atoms with E-state index in [9.17, 15) is 14.0 Å². The Morgan fingerprint density at radius 1 is 0.936 bits per heavy atom. The number of carbonyl (C=O) groups excluding carboxylic acids is 2. The molecule has 1 aliphatic carbocycles. The first-order valence-corrected chi connectivity index (χ1v) is 16.4. The Bertz CT molecular complexity index is 1690. The maximum atomic E-state index is 14.3. The van der Waals surface area contributed by atoms with Gasteiger partial charge in [0, 0.05) is 57.5 Å². The molecule has 3 heterocycles. The minimum absolute atomic E-state index is 0.00659. The number of nitrogens with one attached hydrogen (secondary N) is 3. The smallest absolute Gasteiger partial charge is 0.272 e. The molecule has 0 bridgehead atoms. The summed E-state index contributed by atoms with van der Waals surface area (Å²) in [5, 5.41) is 13.7. The predicted molar refractivity (Wildman–Crippen MR) is 178 cm³/mol. The Labute approximate surface area is 274 Å². The number of carbonyl (C=O) groups is 2. The fourth-order valence-electron chi connectivity index (χ4n) is 6.23. The van der Waals surface area contributed by atoms with Crippen molar-refractivity contribution in [2.24, 2.45) is 7.05 Å². The first kappa shape index (κ1) is 32.3. The number of hydrogen-bond acceptors (Lipinski definition) is 7. The second-order valence-electron chi connectivity index (χ2n) is 12.5. The third kappa shape index (κ3) is 8.41. The lowest BCUT2D eigenvalue weighted by atomic mass is 9.91. The minimum Gasteiger partial charge on any atom is -0.438 e. The first-order chi connectivity index (χ1) is 22.8. The summed E-state index contributed by atoms with van der Waals surface area (Å²) in [4.78, 5) is 32.6. The number of halogens is 1. The van der Waals surface area contributed by atoms with Gasteiger partial charge in [0.15, 0.2) is 0 Å². The molecule has 3 N–H and O–H groups in total. The van der Waals surface area contributed by atoms with Gasteiger partial charge in [-0.15, -0.1) is 0 Å². The second kappa shape index (κ2) is 14.9. The molecule has 2 aliphatic rings. The molecule has 4 aromatic rings. The molecule has 2 fully saturated rings. The molecular formula is C36H42FN7O3. The van der Waals surface area contributed by atoms with Crippen LogP contribution in [0.3, 0.4) is 0 Å². The normalized spacial score (nSPS) is 18.4. The van der Waals surface area contributed by atoms with Crippen LogP contribution < -0.4 is 20.7 Å². The maximum Gasteiger partial charge on any atom is 0.272 e. The van der Waals surface area contributed by atoms with Crippen molar-refractivity contribution < 1.29 is 18.7 Å². The van der Waals surface area contributed by atoms with Crippen molar-refractivity contribution in [3.05, 3.63) is 95.2 Å². The highest BCUT2D eigenvalue weighted by Gasteiger charge is 2.26. The van der Waals surface area contributed by atoms with Crippen LogP contribution in [0.2, 0.25) is 0 Å². The maximum absolute atomic E-state index is 14.3. The molecule has 10 nitrogen and oxygen atoms in total. The molecule has 1 saturated heterocycles. The van der Waals surface area contributed by atoms with Gasteiger partial charge in [0.05, 0.1) is 6.20 Å². The molecule has 11 heteroatoms. The molecule has 2 amide bonds. The molecular weight excluding hydrogens is 597 g/mol. The minimum atomic E-state index is -0.620. The van der Waals surface area contributed by atoms with Crippen LogP contribution in [0.15, 0.2) is 66.9 Å². The molecule has 2 aromatic carbocycles. The molecule has 1 aliphatic heterocycles. The van der Waals surface area contributed by atoms with Crippen LogP contribution in [0.5, 0.6) is 11.6 Å². The molecule has 0 atom stereocenters. The number of hydrogen-bond donors (Lipinski definition) is 3. The summed E-state index contributed by atoms with van der Waals surface area (Å²) in [5.74, 6) is -0.725. The van der Waals surface area contributed by atoms with Crippen LogP contribution in [-0.2, 0) is 13.5 Å². The van der Waals surface area contributed by atoms with Crippen LogP contribution in [0.1, 0.15) is 57.8 Å². The van der Waals surface area contributed by atoms with Crippen LogP contribution >= 0.6 is 0 Å². The summed E-state index contributed by atoms with van der Waals surface area (Å²) in [6, 6.07) is 18.9. The van der Waals surface area contributed by atoms with Gasteiger partial charge >= 0.3 is 0 Å². The first-order valence-electron chi connectivity index (χ1n) is 16.4. The highest BCUT2D eigenvalue weighted by atomic mass is 19.1. The van der Waals surface area contributed by atoms with E-state index in [1.54, 1.807) is 23.9 Å². The summed E-state index contributed by atoms with van der Waals surface area (Å²) >= 11 is 0. The fraction of sp³-hybridized carbons (Fsp3) is 0.389. The van der Waals surface area contributed by atoms with E-state index in [0.29, 0.717) is 37.1 Å². The quantitative estimate of drug-likeness (QED) is 0.232. The number of nitrogens with zero attached hydrogens (tertiary/aromatic N) is 4. The number of aryl methyl sites for hydroxylation is 2. The van der Waals surface area contributed by atoms with E-state index >= 15 is 0 Å². The van der Waals surface area contributed by atoms with Crippen molar-refractivity contribution >= 4 is 11.8 Å². The number of ether oxygens (including phenoxy) is 1. The van der Waals surface area contributed by atoms with Crippen molar-refractivity contribution in [1.82, 2.24) is 35.6 Å². The van der Waals surface area contributed by atoms with Crippen LogP contribution in [0.25, 0.3) is 11.1 Å². The van der Waals surface area contributed by atoms with E-state index in [0.717, 1.165) is 68.2 Å². The molecule has 6 rings (SSSR count). The van der Waals surface area contributed by atoms with Gasteiger partial charge in [0.1, 0.15) is 22.8 Å². The zero-order valence-electron chi connectivity index (χ0n) is 27.0. The monoisotopic (exact) mass is 639 g/mol. The number of aromatic nitrogens is 3. The largest absolute Gasteiger partial charge is 0.438 e. The summed E-state index contributed by atoms with van der Waals surface area (Å²) < 4.78 is 22.1. The second-order valence-corrected chi connectivity index (χ2v) is 12.5. The molecule has 0 spiro atoms. The number of rotatable bonds is 10. The van der Waals surface area contributed by atoms with Crippen molar-refractivity contribution in [3.8, 4) is 22.8 Å². The molecule has 0 unspecified atom stereocenters. The Balaban J connectivity index is 1.06. The van der Waals surface area contributed by atoms with Gasteiger partial charge in [-0.3, -0.25) is 14.3 Å². The van der Waals surface area contributed by atoms with Gasteiger partial charge in [-0.2, -0.15) is 5.10 Å². The summed E-state index contributed by atoms with van der Waals surface area (Å²) in [6.45, 7) is 7.15. The van der Waals surface area contributed by atoms with Crippen molar-refractivity contribution in [3.63, 3.8) is 0 Å². The topological polar surface area (TPSA) is 113 Å². The van der Waals surface area contributed by atoms with Gasteiger partial charge < -0.3 is 25.6 Å². The number of benzene rings is 2. The van der Waals surface area contributed by atoms with Gasteiger partial charge in [0.2, 0.25) is 5.88 Å². The van der Waals surface area contributed by atoms with E-state index in [2.05, 4.69) is 55.2 Å². The number of pyridine rings is 1. The highest BCUT2D eigenvalue weighted by molar-refractivity contribution is 5.96. The van der Waals surface area contributed by atoms with Gasteiger partial charge in [-0.25, -0.2) is 9.37 Å². The Morgan fingerprint density at radius 2 is 1.62 bits per heavy atom. The van der Waals surface area contributed by atoms with E-state index in [4.69, 9.17) is 4.74 Å². The molecule has 0 radical (unpaired) electrons. The van der Waals surface area contributed by atoms with Gasteiger partial charge in [0.25, 0.3) is 11.8 Å². The van der Waals surface area contributed by atoms with E-state index < -0.39 is 11.7 Å². The molecule has 1 saturated carbocycles. The Morgan fingerprint density at radius 3 is 2.32 bits per heavy atom. The Hall–Kier alpha value is -4.61. The average molecular weight is 640 g/mol. The summed E-state index contributed by atoms with van der Waals surface area (Å²) in [6.07, 6.45) is 4.78. The summed E-state index contributed by atoms with van der Waals surface area (Å²) in [5.41, 5.74) is 4.65. The average Bonchev–Trinajstić information content (AvgIpc) is 3.44. The lowest BCUT2D eigenvalue weighted by Gasteiger charge is -2.29. The van der Waals surface area contributed by atoms with Gasteiger partial charge in [-0.1, -0.05) is 36.4 Å². The van der Waals surface area contributed by atoms with E-state index in [1.807, 2.05) is 25.1 Å². The van der Waals surface area contributed by atoms with Crippen molar-refractivity contribution in [2.75, 3.05) is 32.7 Å². The SMILES string of the molecule is Cc1cc(C(=O)N[C@H]2CC[C@H](NC(=O)c3cc(F)cnc3Oc3cccc(-c4cccc(CCN5CCNCC5)c4)c3)CC2)nn1C. The lowest BCUT2D eigenvalue weighted by Crippen LogP contribution is -2.44. The zero-order valence-corrected chi connectivity index (χ0v) is 27.0. The zero-order chi connectivity index (χ0) is 32.8. The molecule has 246 valence electrons. The van der Waals surface area contributed by atoms with Gasteiger partial charge in [-0.05, 0) is 80.0 Å². The van der Waals surface area contributed by atoms with Crippen LogP contribution in [0, 0.1) is 12.7 Å². The predicted octanol–water partition coefficient (Wildman–Crippen LogP) is 4.64. The number of amides is 2. The Kier molecular flexibility index (Phi) is 10.2. The van der Waals surface area contributed by atoms with Crippen LogP contribution in [0.4, 0.5) is 4.39 Å². The standard InChI is InChI=1S/C36H42FN7O3/c1-24-19-33(42-43(24)2)35(46)41-30-11-9-29(10-12-30)40-34(45)32-22-28(37)23-39-36(32)47-31-8-4-7-27(21-31)26-6-3-5-25(20-26)13-16-44-17-14-38-15-18-44/h3-8,19-23,29-30,38H,9-18H2,1-2H3,(H,40,45)(H,41,46)/t29-,30-. The third-order valence-corrected chi connectivity index (χ3v) is 9.04. The number of piperazine rings is 1. The fourth-order valence-corrected chi connectivity index (χ4v) is 6.23. The molecule has 2 aromatic heterocycles. The van der Waals surface area contributed by atoms with E-state index in [-0.39, 0.29) is 29.4 Å². The highest BCUT2D eigenvalue weighted by Crippen LogP contribution is 2.30. The van der Waals surface area contributed by atoms with Crippen molar-refractivity contribution in [2.45, 2.75) is 51.1 Å². The van der Waals surface area contributed by atoms with Crippen LogP contribution in [-0.4, -0.2) is 76.3 Å². The lowest BCUT2D eigenvalue weighted by molar-refractivity contribution is 0.0887. The molecule has 47 heavy (non-hydrogen) atoms. The summed E-state index contributed by atoms with van der Waals surface area (Å²) in [7, 11) is 1.80. The third-order valence-electron chi connectivity index (χ3n) is 9.04. The van der Waals surface area contributed by atoms with Crippen molar-refractivity contribution in [1.29, 1.82) is 0 Å². The van der Waals surface area contributed by atoms with E-state index in [1.165, 1.54) is 5.56 Å².